The molecule has 0 unspecified atom stereocenters. The molecule has 242 valence electrons. The van der Waals surface area contributed by atoms with E-state index in [0.29, 0.717) is 48.2 Å². The molecule has 0 saturated carbocycles. The van der Waals surface area contributed by atoms with Crippen LogP contribution in [0.5, 0.6) is 5.75 Å². The summed E-state index contributed by atoms with van der Waals surface area (Å²) in [5.74, 6) is 0.545. The third kappa shape index (κ3) is 8.32. The molecule has 5 rings (SSSR count). The van der Waals surface area contributed by atoms with Gasteiger partial charge in [0.05, 0.1) is 13.2 Å². The Morgan fingerprint density at radius 1 is 1.02 bits per heavy atom. The molecule has 0 spiro atoms. The largest absolute Gasteiger partial charge is 0.494 e. The number of halogens is 2. The van der Waals surface area contributed by atoms with Gasteiger partial charge in [-0.1, -0.05) is 93.3 Å². The van der Waals surface area contributed by atoms with Crippen molar-refractivity contribution >= 4 is 39.3 Å². The number of nitrogens with zero attached hydrogens (tertiary/aromatic N) is 4. The minimum Gasteiger partial charge on any atom is -0.494 e. The zero-order valence-electron chi connectivity index (χ0n) is 25.5. The lowest BCUT2D eigenvalue weighted by atomic mass is 9.81. The van der Waals surface area contributed by atoms with Gasteiger partial charge in [-0.3, -0.25) is 10.2 Å². The number of azide groups is 1. The van der Waals surface area contributed by atoms with Crippen LogP contribution in [0.4, 0.5) is 0 Å². The summed E-state index contributed by atoms with van der Waals surface area (Å²) in [5, 5.41) is 13.5. The molecule has 0 radical (unpaired) electrons. The quantitative estimate of drug-likeness (QED) is 0.0398. The third-order valence-corrected chi connectivity index (χ3v) is 8.87. The van der Waals surface area contributed by atoms with Gasteiger partial charge in [0, 0.05) is 51.5 Å². The van der Waals surface area contributed by atoms with Gasteiger partial charge in [0.1, 0.15) is 5.75 Å². The number of carbonyl (C=O) groups excluding carboxylic acids is 1. The molecule has 1 aliphatic rings. The zero-order valence-corrected chi connectivity index (χ0v) is 27.8. The minimum atomic E-state index is -1.47. The van der Waals surface area contributed by atoms with Gasteiger partial charge in [0.25, 0.3) is 5.91 Å². The molecule has 10 nitrogen and oxygen atoms in total. The predicted octanol–water partition coefficient (Wildman–Crippen LogP) is 7.04. The van der Waals surface area contributed by atoms with Crippen molar-refractivity contribution in [1.29, 1.82) is 0 Å². The molecular weight excluding hydrogens is 684 g/mol. The molecular formula is C35H34BrClN6O4. The highest BCUT2D eigenvalue weighted by molar-refractivity contribution is 9.10. The summed E-state index contributed by atoms with van der Waals surface area (Å²) >= 11 is 10.0. The molecule has 4 aromatic rings. The Morgan fingerprint density at radius 2 is 1.72 bits per heavy atom. The van der Waals surface area contributed by atoms with Crippen molar-refractivity contribution < 1.29 is 19.4 Å². The lowest BCUT2D eigenvalue weighted by Gasteiger charge is -2.32. The summed E-state index contributed by atoms with van der Waals surface area (Å²) in [4.78, 5) is 22.5. The average Bonchev–Trinajstić information content (AvgIpc) is 3.47. The van der Waals surface area contributed by atoms with Gasteiger partial charge in [-0.05, 0) is 65.0 Å². The number of amides is 1. The summed E-state index contributed by atoms with van der Waals surface area (Å²) in [6, 6.07) is 30.0. The van der Waals surface area contributed by atoms with E-state index < -0.39 is 17.6 Å². The van der Waals surface area contributed by atoms with Crippen molar-refractivity contribution in [2.45, 2.75) is 37.5 Å². The van der Waals surface area contributed by atoms with Crippen LogP contribution in [0.25, 0.3) is 10.4 Å². The topological polar surface area (TPSA) is 141 Å². The Kier molecular flexibility index (Phi) is 11.9. The van der Waals surface area contributed by atoms with Crippen molar-refractivity contribution in [3.05, 3.63) is 145 Å². The Hall–Kier alpha value is -4.38. The molecule has 0 fully saturated rings. The number of carbonyl (C=O) groups is 1. The molecule has 0 saturated heterocycles. The van der Waals surface area contributed by atoms with E-state index in [1.165, 1.54) is 0 Å². The van der Waals surface area contributed by atoms with E-state index in [0.717, 1.165) is 26.7 Å². The monoisotopic (exact) mass is 716 g/mol. The van der Waals surface area contributed by atoms with Crippen LogP contribution in [0.15, 0.2) is 112 Å². The number of aliphatic hydroxyl groups excluding tert-OH is 1. The van der Waals surface area contributed by atoms with Crippen LogP contribution >= 0.6 is 27.5 Å². The average molecular weight is 718 g/mol. The maximum atomic E-state index is 14.5. The first-order valence-electron chi connectivity index (χ1n) is 15.1. The van der Waals surface area contributed by atoms with Gasteiger partial charge in [-0.15, -0.1) is 0 Å². The maximum absolute atomic E-state index is 14.5. The highest BCUT2D eigenvalue weighted by Crippen LogP contribution is 2.45. The van der Waals surface area contributed by atoms with Gasteiger partial charge in [0.2, 0.25) is 5.90 Å². The van der Waals surface area contributed by atoms with Crippen molar-refractivity contribution in [2.24, 2.45) is 10.1 Å². The Morgan fingerprint density at radius 3 is 2.45 bits per heavy atom. The van der Waals surface area contributed by atoms with Crippen LogP contribution in [-0.2, 0) is 28.9 Å². The first kappa shape index (κ1) is 34.0. The summed E-state index contributed by atoms with van der Waals surface area (Å²) in [7, 11) is 0. The highest BCUT2D eigenvalue weighted by atomic mass is 79.9. The molecule has 0 bridgehead atoms. The number of hydrogen-bond acceptors (Lipinski definition) is 7. The van der Waals surface area contributed by atoms with Crippen molar-refractivity contribution in [1.82, 2.24) is 10.9 Å². The summed E-state index contributed by atoms with van der Waals surface area (Å²) in [6.45, 7) is 0.979. The number of ether oxygens (including phenoxy) is 2. The molecule has 2 atom stereocenters. The number of aliphatic hydroxyl groups is 1. The summed E-state index contributed by atoms with van der Waals surface area (Å²) in [5.41, 5.74) is 17.5. The summed E-state index contributed by atoms with van der Waals surface area (Å²) < 4.78 is 13.1. The second kappa shape index (κ2) is 16.4. The van der Waals surface area contributed by atoms with E-state index in [1.807, 2.05) is 84.9 Å². The van der Waals surface area contributed by atoms with Crippen molar-refractivity contribution in [2.75, 3.05) is 19.8 Å². The van der Waals surface area contributed by atoms with E-state index >= 15 is 0 Å². The fraction of sp³-hybridized carbons (Fsp3) is 0.257. The Labute approximate surface area is 286 Å². The Bertz CT molecular complexity index is 1770. The SMILES string of the molecule is [N-]=[N+]=NCc1ccccc1C[C@]1(C(=O)NNCCc2ccccc2Cl)N=C(c2ccc(OCCCO)cc2)O[C@H]1c1ccccc1Br. The van der Waals surface area contributed by atoms with Gasteiger partial charge in [-0.2, -0.15) is 0 Å². The van der Waals surface area contributed by atoms with Crippen molar-refractivity contribution in [3.63, 3.8) is 0 Å². The van der Waals surface area contributed by atoms with Crippen LogP contribution in [0.1, 0.15) is 40.3 Å². The normalized spacial score (nSPS) is 16.9. The molecule has 3 N–H and O–H groups in total. The fourth-order valence-electron chi connectivity index (χ4n) is 5.38. The zero-order chi connectivity index (χ0) is 33.1. The molecule has 4 aromatic carbocycles. The summed E-state index contributed by atoms with van der Waals surface area (Å²) in [6.07, 6.45) is 0.440. The molecule has 0 aliphatic carbocycles. The predicted molar refractivity (Wildman–Crippen MR) is 185 cm³/mol. The fourth-order valence-corrected chi connectivity index (χ4v) is 6.10. The van der Waals surface area contributed by atoms with Crippen molar-refractivity contribution in [3.8, 4) is 5.75 Å². The van der Waals surface area contributed by atoms with Gasteiger partial charge < -0.3 is 14.6 Å². The number of hydrogen-bond donors (Lipinski definition) is 3. The molecule has 0 aromatic heterocycles. The van der Waals surface area contributed by atoms with E-state index in [4.69, 9.17) is 36.7 Å². The smallest absolute Gasteiger partial charge is 0.266 e. The lowest BCUT2D eigenvalue weighted by Crippen LogP contribution is -2.54. The van der Waals surface area contributed by atoms with Gasteiger partial charge in [-0.25, -0.2) is 10.4 Å². The highest BCUT2D eigenvalue weighted by Gasteiger charge is 2.54. The van der Waals surface area contributed by atoms with Crippen LogP contribution < -0.4 is 15.6 Å². The van der Waals surface area contributed by atoms with Crippen LogP contribution in [-0.4, -0.2) is 42.2 Å². The van der Waals surface area contributed by atoms with Crippen LogP contribution in [0.3, 0.4) is 0 Å². The molecule has 1 heterocycles. The number of aliphatic imine (C=N–C) groups is 1. The third-order valence-electron chi connectivity index (χ3n) is 7.78. The first-order valence-corrected chi connectivity index (χ1v) is 16.3. The second-order valence-electron chi connectivity index (χ2n) is 10.9. The van der Waals surface area contributed by atoms with Gasteiger partial charge in [0.15, 0.2) is 11.6 Å². The van der Waals surface area contributed by atoms with Gasteiger partial charge >= 0.3 is 0 Å². The molecule has 1 aliphatic heterocycles. The number of nitrogens with one attached hydrogen (secondary N) is 2. The molecule has 1 amide bonds. The van der Waals surface area contributed by atoms with Crippen LogP contribution in [0, 0.1) is 0 Å². The molecule has 12 heteroatoms. The standard InChI is InChI=1S/C35H34BrClN6O4/c36-30-12-5-4-11-29(30)32-35(22-26-9-1-2-10-27(26)23-40-43-38,34(45)42-39-19-18-24-8-3-6-13-31(24)37)41-33(47-32)25-14-16-28(17-15-25)46-21-7-20-44/h1-6,8-17,32,39,44H,7,18-23H2,(H,42,45)/t32-,35-/m0/s1. The van der Waals surface area contributed by atoms with E-state index in [2.05, 4.69) is 36.8 Å². The maximum Gasteiger partial charge on any atom is 0.266 e. The first-order chi connectivity index (χ1) is 22.9. The van der Waals surface area contributed by atoms with E-state index in [-0.39, 0.29) is 19.6 Å². The number of rotatable bonds is 15. The lowest BCUT2D eigenvalue weighted by molar-refractivity contribution is -0.130. The number of benzene rings is 4. The minimum absolute atomic E-state index is 0.0458. The Balaban J connectivity index is 1.53. The molecule has 47 heavy (non-hydrogen) atoms. The second-order valence-corrected chi connectivity index (χ2v) is 12.1. The van der Waals surface area contributed by atoms with E-state index in [9.17, 15) is 4.79 Å². The van der Waals surface area contributed by atoms with E-state index in [1.54, 1.807) is 12.1 Å². The number of hydrazine groups is 1. The van der Waals surface area contributed by atoms with Crippen LogP contribution in [0.2, 0.25) is 5.02 Å².